The molecule has 5 heterocycles. The molecule has 1 amide bonds. The second-order valence-corrected chi connectivity index (χ2v) is 13.2. The summed E-state index contributed by atoms with van der Waals surface area (Å²) in [6.45, 7) is 9.78. The standard InChI is InChI=1S/C32H40F3N7O4/c1-31(2,3)46-30(44)42-9-7-21(8-10-42)32(34,35)24-6-4-5-20(26(24)33)16-36-27-23-15-25(29(43)39-28(23)38-19-37-27)41-13-11-40(12-14-41)22-17-45-18-22/h4-6,15,19,21-22H,7-14,16-18H2,1-3H3,(H2,36,37,38,39,43). The summed E-state index contributed by atoms with van der Waals surface area (Å²) >= 11 is 0. The number of benzene rings is 1. The van der Waals surface area contributed by atoms with Gasteiger partial charge in [-0.05, 0) is 39.7 Å². The largest absolute Gasteiger partial charge is 0.444 e. The molecule has 2 aromatic heterocycles. The first-order valence-corrected chi connectivity index (χ1v) is 15.7. The topological polar surface area (TPSA) is 116 Å². The number of aromatic amines is 1. The van der Waals surface area contributed by atoms with E-state index in [0.717, 1.165) is 32.4 Å². The fraction of sp³-hybridized carbons (Fsp3) is 0.562. The third-order valence-electron chi connectivity index (χ3n) is 8.96. The van der Waals surface area contributed by atoms with E-state index in [0.29, 0.717) is 41.7 Å². The molecule has 0 bridgehead atoms. The van der Waals surface area contributed by atoms with Crippen molar-refractivity contribution >= 4 is 28.6 Å². The van der Waals surface area contributed by atoms with E-state index in [9.17, 15) is 9.59 Å². The number of halogens is 3. The molecule has 2 N–H and O–H groups in total. The normalized spacial score (nSPS) is 18.9. The Morgan fingerprint density at radius 3 is 2.46 bits per heavy atom. The zero-order valence-electron chi connectivity index (χ0n) is 26.3. The summed E-state index contributed by atoms with van der Waals surface area (Å²) in [7, 11) is 0. The summed E-state index contributed by atoms with van der Waals surface area (Å²) in [5.41, 5.74) is -0.773. The number of carbonyl (C=O) groups excluding carboxylic acids is 1. The van der Waals surface area contributed by atoms with E-state index in [1.165, 1.54) is 23.4 Å². The predicted octanol–water partition coefficient (Wildman–Crippen LogP) is 4.33. The van der Waals surface area contributed by atoms with Crippen molar-refractivity contribution in [3.8, 4) is 0 Å². The average Bonchev–Trinajstić information content (AvgIpc) is 2.99. The van der Waals surface area contributed by atoms with Gasteiger partial charge in [0.05, 0.1) is 30.2 Å². The van der Waals surface area contributed by atoms with Crippen LogP contribution in [-0.2, 0) is 21.9 Å². The molecule has 0 radical (unpaired) electrons. The lowest BCUT2D eigenvalue weighted by Crippen LogP contribution is -2.57. The summed E-state index contributed by atoms with van der Waals surface area (Å²) in [6, 6.07) is 6.15. The molecule has 0 atom stereocenters. The third-order valence-corrected chi connectivity index (χ3v) is 8.96. The maximum atomic E-state index is 15.7. The first-order valence-electron chi connectivity index (χ1n) is 15.7. The van der Waals surface area contributed by atoms with Gasteiger partial charge in [-0.25, -0.2) is 27.9 Å². The van der Waals surface area contributed by atoms with Gasteiger partial charge in [0.25, 0.3) is 11.5 Å². The zero-order valence-corrected chi connectivity index (χ0v) is 26.3. The van der Waals surface area contributed by atoms with E-state index in [-0.39, 0.29) is 43.6 Å². The summed E-state index contributed by atoms with van der Waals surface area (Å²) in [6.07, 6.45) is 0.783. The van der Waals surface area contributed by atoms with E-state index >= 15 is 13.2 Å². The van der Waals surface area contributed by atoms with Gasteiger partial charge < -0.3 is 29.6 Å². The number of nitrogens with zero attached hydrogens (tertiary/aromatic N) is 5. The highest BCUT2D eigenvalue weighted by Gasteiger charge is 2.45. The van der Waals surface area contributed by atoms with Crippen molar-refractivity contribution in [3.05, 3.63) is 57.9 Å². The van der Waals surface area contributed by atoms with E-state index in [1.807, 2.05) is 4.90 Å². The molecule has 0 aliphatic carbocycles. The number of nitrogens with one attached hydrogen (secondary N) is 2. The average molecular weight is 644 g/mol. The highest BCUT2D eigenvalue weighted by Crippen LogP contribution is 2.43. The van der Waals surface area contributed by atoms with Crippen LogP contribution < -0.4 is 15.8 Å². The Balaban J connectivity index is 1.15. The molecule has 1 aromatic carbocycles. The molecule has 3 fully saturated rings. The van der Waals surface area contributed by atoms with E-state index in [1.54, 1.807) is 26.8 Å². The maximum Gasteiger partial charge on any atom is 0.410 e. The van der Waals surface area contributed by atoms with Crippen molar-refractivity contribution in [2.75, 3.05) is 62.7 Å². The molecule has 6 rings (SSSR count). The number of hydrogen-bond donors (Lipinski definition) is 2. The molecule has 11 nitrogen and oxygen atoms in total. The fourth-order valence-corrected chi connectivity index (χ4v) is 6.27. The summed E-state index contributed by atoms with van der Waals surface area (Å²) < 4.78 is 57.9. The molecule has 3 aliphatic rings. The predicted molar refractivity (Wildman–Crippen MR) is 167 cm³/mol. The van der Waals surface area contributed by atoms with Crippen LogP contribution in [0.25, 0.3) is 11.0 Å². The molecular formula is C32H40F3N7O4. The smallest absolute Gasteiger partial charge is 0.410 e. The number of aromatic nitrogens is 3. The first kappa shape index (κ1) is 32.0. The van der Waals surface area contributed by atoms with Gasteiger partial charge in [-0.2, -0.15) is 0 Å². The Morgan fingerprint density at radius 1 is 1.09 bits per heavy atom. The van der Waals surface area contributed by atoms with Gasteiger partial charge in [-0.15, -0.1) is 0 Å². The van der Waals surface area contributed by atoms with Crippen molar-refractivity contribution in [2.24, 2.45) is 5.92 Å². The number of ether oxygens (including phenoxy) is 2. The van der Waals surface area contributed by atoms with Gasteiger partial charge in [-0.3, -0.25) is 9.69 Å². The Labute approximate surface area is 265 Å². The second-order valence-electron chi connectivity index (χ2n) is 13.2. The monoisotopic (exact) mass is 643 g/mol. The number of piperazine rings is 1. The van der Waals surface area contributed by atoms with Crippen LogP contribution in [0.1, 0.15) is 44.7 Å². The number of fused-ring (bicyclic) bond motifs is 1. The quantitative estimate of drug-likeness (QED) is 0.388. The Hall–Kier alpha value is -3.91. The Kier molecular flexibility index (Phi) is 8.85. The number of H-pyrrole nitrogens is 1. The summed E-state index contributed by atoms with van der Waals surface area (Å²) in [5, 5.41) is 3.60. The Bertz CT molecular complexity index is 1630. The molecule has 0 saturated carbocycles. The van der Waals surface area contributed by atoms with Crippen molar-refractivity contribution in [3.63, 3.8) is 0 Å². The SMILES string of the molecule is CC(C)(C)OC(=O)N1CCC(C(F)(F)c2cccc(CNc3ncnc4[nH]c(=O)c(N5CCN(C6COC6)CC5)cc34)c2F)CC1. The molecule has 0 unspecified atom stereocenters. The number of amides is 1. The number of pyridine rings is 1. The third kappa shape index (κ3) is 6.63. The van der Waals surface area contributed by atoms with Crippen LogP contribution in [0.3, 0.4) is 0 Å². The van der Waals surface area contributed by atoms with E-state index in [4.69, 9.17) is 9.47 Å². The van der Waals surface area contributed by atoms with Gasteiger partial charge in [0.15, 0.2) is 0 Å². The van der Waals surface area contributed by atoms with Gasteiger partial charge in [0, 0.05) is 57.3 Å². The number of hydrogen-bond acceptors (Lipinski definition) is 9. The van der Waals surface area contributed by atoms with Crippen LogP contribution in [0.2, 0.25) is 0 Å². The number of anilines is 2. The van der Waals surface area contributed by atoms with Crippen LogP contribution in [0.5, 0.6) is 0 Å². The highest BCUT2D eigenvalue weighted by atomic mass is 19.3. The van der Waals surface area contributed by atoms with Crippen LogP contribution in [0, 0.1) is 11.7 Å². The van der Waals surface area contributed by atoms with Gasteiger partial charge in [0.1, 0.15) is 34.9 Å². The summed E-state index contributed by atoms with van der Waals surface area (Å²) in [4.78, 5) is 42.5. The lowest BCUT2D eigenvalue weighted by Gasteiger charge is -2.43. The van der Waals surface area contributed by atoms with E-state index < -0.39 is 34.9 Å². The van der Waals surface area contributed by atoms with Gasteiger partial charge in [-0.1, -0.05) is 18.2 Å². The van der Waals surface area contributed by atoms with Crippen LogP contribution in [-0.4, -0.2) is 95.0 Å². The first-order chi connectivity index (χ1) is 21.9. The Morgan fingerprint density at radius 2 is 1.80 bits per heavy atom. The van der Waals surface area contributed by atoms with Gasteiger partial charge in [0.2, 0.25) is 0 Å². The molecule has 3 aliphatic heterocycles. The van der Waals surface area contributed by atoms with Crippen LogP contribution in [0.15, 0.2) is 35.4 Å². The number of piperidine rings is 1. The number of rotatable bonds is 7. The molecule has 3 saturated heterocycles. The minimum Gasteiger partial charge on any atom is -0.444 e. The minimum absolute atomic E-state index is 0.0195. The molecule has 14 heteroatoms. The molecule has 0 spiro atoms. The second kappa shape index (κ2) is 12.7. The van der Waals surface area contributed by atoms with Gasteiger partial charge >= 0.3 is 6.09 Å². The molecule has 3 aromatic rings. The van der Waals surface area contributed by atoms with Crippen molar-refractivity contribution < 1.29 is 27.4 Å². The number of likely N-dealkylation sites (tertiary alicyclic amines) is 1. The number of alkyl halides is 2. The molecular weight excluding hydrogens is 603 g/mol. The zero-order chi connectivity index (χ0) is 32.6. The van der Waals surface area contributed by atoms with Crippen molar-refractivity contribution in [1.82, 2.24) is 24.8 Å². The van der Waals surface area contributed by atoms with Crippen molar-refractivity contribution in [1.29, 1.82) is 0 Å². The summed E-state index contributed by atoms with van der Waals surface area (Å²) in [5.74, 6) is -5.21. The molecule has 46 heavy (non-hydrogen) atoms. The highest BCUT2D eigenvalue weighted by molar-refractivity contribution is 5.88. The maximum absolute atomic E-state index is 15.7. The lowest BCUT2D eigenvalue weighted by molar-refractivity contribution is -0.0885. The lowest BCUT2D eigenvalue weighted by atomic mass is 9.85. The van der Waals surface area contributed by atoms with Crippen LogP contribution in [0.4, 0.5) is 29.5 Å². The molecule has 248 valence electrons. The van der Waals surface area contributed by atoms with E-state index in [2.05, 4.69) is 25.2 Å². The minimum atomic E-state index is -3.44. The number of carbonyl (C=O) groups is 1. The van der Waals surface area contributed by atoms with Crippen LogP contribution >= 0.6 is 0 Å². The fourth-order valence-electron chi connectivity index (χ4n) is 6.27. The van der Waals surface area contributed by atoms with Crippen molar-refractivity contribution in [2.45, 2.75) is 57.7 Å².